The minimum absolute atomic E-state index is 0.404. The van der Waals surface area contributed by atoms with E-state index in [1.807, 2.05) is 0 Å². The number of hydrogen-bond donors (Lipinski definition) is 2. The standard InChI is InChI=1S/C12H26N2O/c1-12(2,3)6-4-11(14-13)8-10-5-7-15-9-10/h10-11,14H,4-9,13H2,1-3H3. The zero-order chi connectivity index (χ0) is 11.3. The summed E-state index contributed by atoms with van der Waals surface area (Å²) < 4.78 is 5.38. The molecule has 0 radical (unpaired) electrons. The number of rotatable bonds is 5. The maximum atomic E-state index is 5.59. The first-order valence-electron chi connectivity index (χ1n) is 6.05. The molecule has 0 aliphatic carbocycles. The van der Waals surface area contributed by atoms with Gasteiger partial charge in [-0.3, -0.25) is 11.3 Å². The highest BCUT2D eigenvalue weighted by Crippen LogP contribution is 2.25. The van der Waals surface area contributed by atoms with Crippen molar-refractivity contribution in [3.63, 3.8) is 0 Å². The predicted octanol–water partition coefficient (Wildman–Crippen LogP) is 2.07. The Morgan fingerprint density at radius 1 is 1.47 bits per heavy atom. The highest BCUT2D eigenvalue weighted by Gasteiger charge is 2.21. The molecule has 1 rings (SSSR count). The van der Waals surface area contributed by atoms with E-state index in [9.17, 15) is 0 Å². The maximum absolute atomic E-state index is 5.59. The van der Waals surface area contributed by atoms with E-state index < -0.39 is 0 Å². The van der Waals surface area contributed by atoms with Gasteiger partial charge in [-0.2, -0.15) is 0 Å². The van der Waals surface area contributed by atoms with Crippen molar-refractivity contribution < 1.29 is 4.74 Å². The minimum atomic E-state index is 0.404. The van der Waals surface area contributed by atoms with Gasteiger partial charge in [0.2, 0.25) is 0 Å². The van der Waals surface area contributed by atoms with Crippen LogP contribution in [-0.4, -0.2) is 19.3 Å². The molecule has 0 spiro atoms. The molecule has 3 N–H and O–H groups in total. The molecule has 1 fully saturated rings. The highest BCUT2D eigenvalue weighted by molar-refractivity contribution is 4.75. The molecule has 1 saturated heterocycles. The summed E-state index contributed by atoms with van der Waals surface area (Å²) in [5.41, 5.74) is 3.35. The lowest BCUT2D eigenvalue weighted by molar-refractivity contribution is 0.180. The predicted molar refractivity (Wildman–Crippen MR) is 63.3 cm³/mol. The summed E-state index contributed by atoms with van der Waals surface area (Å²) in [5.74, 6) is 6.30. The molecule has 1 aliphatic rings. The van der Waals surface area contributed by atoms with Gasteiger partial charge in [0, 0.05) is 19.3 Å². The van der Waals surface area contributed by atoms with Gasteiger partial charge >= 0.3 is 0 Å². The largest absolute Gasteiger partial charge is 0.381 e. The van der Waals surface area contributed by atoms with Crippen LogP contribution in [0.1, 0.15) is 46.5 Å². The molecule has 0 saturated carbocycles. The van der Waals surface area contributed by atoms with E-state index in [1.165, 1.54) is 12.8 Å². The Kier molecular flexibility index (Phi) is 5.03. The fraction of sp³-hybridized carbons (Fsp3) is 1.00. The molecule has 2 unspecified atom stereocenters. The van der Waals surface area contributed by atoms with Crippen molar-refractivity contribution in [2.24, 2.45) is 17.2 Å². The first kappa shape index (κ1) is 12.9. The average molecular weight is 214 g/mol. The van der Waals surface area contributed by atoms with Crippen molar-refractivity contribution in [3.8, 4) is 0 Å². The van der Waals surface area contributed by atoms with E-state index >= 15 is 0 Å². The molecule has 3 heteroatoms. The molecule has 0 amide bonds. The second kappa shape index (κ2) is 5.83. The molecule has 2 atom stereocenters. The van der Waals surface area contributed by atoms with Gasteiger partial charge in [0.05, 0.1) is 0 Å². The van der Waals surface area contributed by atoms with Crippen LogP contribution in [0.3, 0.4) is 0 Å². The van der Waals surface area contributed by atoms with Gasteiger partial charge in [-0.1, -0.05) is 20.8 Å². The molecule has 0 aromatic heterocycles. The third-order valence-electron chi connectivity index (χ3n) is 3.12. The van der Waals surface area contributed by atoms with Crippen molar-refractivity contribution >= 4 is 0 Å². The van der Waals surface area contributed by atoms with Crippen molar-refractivity contribution in [2.45, 2.75) is 52.5 Å². The minimum Gasteiger partial charge on any atom is -0.381 e. The molecule has 0 aromatic carbocycles. The Balaban J connectivity index is 2.22. The quantitative estimate of drug-likeness (QED) is 0.544. The van der Waals surface area contributed by atoms with Crippen LogP contribution >= 0.6 is 0 Å². The highest BCUT2D eigenvalue weighted by atomic mass is 16.5. The molecule has 15 heavy (non-hydrogen) atoms. The number of hydrazine groups is 1. The third kappa shape index (κ3) is 5.50. The van der Waals surface area contributed by atoms with Gasteiger partial charge in [-0.05, 0) is 37.0 Å². The van der Waals surface area contributed by atoms with Gasteiger partial charge in [0.25, 0.3) is 0 Å². The maximum Gasteiger partial charge on any atom is 0.0495 e. The Hall–Kier alpha value is -0.120. The van der Waals surface area contributed by atoms with Crippen LogP contribution in [-0.2, 0) is 4.74 Å². The van der Waals surface area contributed by atoms with Crippen LogP contribution in [0.5, 0.6) is 0 Å². The molecule has 0 bridgehead atoms. The number of nitrogens with one attached hydrogen (secondary N) is 1. The molecular weight excluding hydrogens is 188 g/mol. The Bertz CT molecular complexity index is 171. The molecule has 3 nitrogen and oxygen atoms in total. The average Bonchev–Trinajstić information content (AvgIpc) is 2.63. The van der Waals surface area contributed by atoms with Crippen molar-refractivity contribution in [3.05, 3.63) is 0 Å². The Morgan fingerprint density at radius 3 is 2.67 bits per heavy atom. The summed E-state index contributed by atoms with van der Waals surface area (Å²) in [4.78, 5) is 0. The molecule has 0 aromatic rings. The zero-order valence-corrected chi connectivity index (χ0v) is 10.4. The lowest BCUT2D eigenvalue weighted by Gasteiger charge is -2.24. The van der Waals surface area contributed by atoms with Crippen molar-refractivity contribution in [1.82, 2.24) is 5.43 Å². The first-order chi connectivity index (χ1) is 7.01. The summed E-state index contributed by atoms with van der Waals surface area (Å²) in [6.45, 7) is 8.69. The Morgan fingerprint density at radius 2 is 2.20 bits per heavy atom. The summed E-state index contributed by atoms with van der Waals surface area (Å²) in [5, 5.41) is 0. The van der Waals surface area contributed by atoms with Gasteiger partial charge in [0.15, 0.2) is 0 Å². The van der Waals surface area contributed by atoms with E-state index in [2.05, 4.69) is 26.2 Å². The zero-order valence-electron chi connectivity index (χ0n) is 10.4. The molecule has 1 aliphatic heterocycles. The SMILES string of the molecule is CC(C)(C)CCC(CC1CCOC1)NN. The summed E-state index contributed by atoms with van der Waals surface area (Å²) >= 11 is 0. The fourth-order valence-corrected chi connectivity index (χ4v) is 2.05. The number of nitrogens with two attached hydrogens (primary N) is 1. The molecule has 90 valence electrons. The summed E-state index contributed by atoms with van der Waals surface area (Å²) in [7, 11) is 0. The molecule has 1 heterocycles. The first-order valence-corrected chi connectivity index (χ1v) is 6.05. The number of ether oxygens (including phenoxy) is 1. The van der Waals surface area contributed by atoms with E-state index in [-0.39, 0.29) is 0 Å². The molecular formula is C12H26N2O. The summed E-state index contributed by atoms with van der Waals surface area (Å²) in [6.07, 6.45) is 4.74. The van der Waals surface area contributed by atoms with Gasteiger partial charge in [-0.15, -0.1) is 0 Å². The second-order valence-electron chi connectivity index (χ2n) is 5.93. The van der Waals surface area contributed by atoms with Crippen LogP contribution < -0.4 is 11.3 Å². The lowest BCUT2D eigenvalue weighted by Crippen LogP contribution is -2.37. The fourth-order valence-electron chi connectivity index (χ4n) is 2.05. The monoisotopic (exact) mass is 214 g/mol. The normalized spacial score (nSPS) is 24.4. The second-order valence-corrected chi connectivity index (χ2v) is 5.93. The summed E-state index contributed by atoms with van der Waals surface area (Å²) in [6, 6.07) is 0.455. The van der Waals surface area contributed by atoms with Crippen LogP contribution in [0.2, 0.25) is 0 Å². The van der Waals surface area contributed by atoms with E-state index in [1.54, 1.807) is 0 Å². The lowest BCUT2D eigenvalue weighted by atomic mass is 9.86. The van der Waals surface area contributed by atoms with E-state index in [4.69, 9.17) is 10.6 Å². The van der Waals surface area contributed by atoms with Crippen LogP contribution in [0.4, 0.5) is 0 Å². The smallest absolute Gasteiger partial charge is 0.0495 e. The van der Waals surface area contributed by atoms with Gasteiger partial charge < -0.3 is 4.74 Å². The van der Waals surface area contributed by atoms with Gasteiger partial charge in [-0.25, -0.2) is 0 Å². The van der Waals surface area contributed by atoms with Crippen LogP contribution in [0.25, 0.3) is 0 Å². The van der Waals surface area contributed by atoms with Crippen LogP contribution in [0, 0.1) is 11.3 Å². The Labute approximate surface area is 93.7 Å². The van der Waals surface area contributed by atoms with E-state index in [0.29, 0.717) is 17.4 Å². The van der Waals surface area contributed by atoms with Gasteiger partial charge in [0.1, 0.15) is 0 Å². The topological polar surface area (TPSA) is 47.3 Å². The number of hydrogen-bond acceptors (Lipinski definition) is 3. The van der Waals surface area contributed by atoms with E-state index in [0.717, 1.165) is 26.1 Å². The van der Waals surface area contributed by atoms with Crippen molar-refractivity contribution in [1.29, 1.82) is 0 Å². The third-order valence-corrected chi connectivity index (χ3v) is 3.12. The van der Waals surface area contributed by atoms with Crippen LogP contribution in [0.15, 0.2) is 0 Å². The van der Waals surface area contributed by atoms with Crippen molar-refractivity contribution in [2.75, 3.05) is 13.2 Å².